The predicted molar refractivity (Wildman–Crippen MR) is 52.4 cm³/mol. The van der Waals surface area contributed by atoms with Crippen LogP contribution in [0.1, 0.15) is 20.8 Å². The quantitative estimate of drug-likeness (QED) is 0.481. The molecule has 2 atom stereocenters. The standard InChI is InChI=1S/C10H18O4/c1-6-8-10(12-5,13-7-2)14-9(3)11-4/h9H,7H2,1-5H3. The molecule has 0 aliphatic rings. The van der Waals surface area contributed by atoms with Gasteiger partial charge >= 0.3 is 5.97 Å². The lowest BCUT2D eigenvalue weighted by atomic mass is 10.5. The lowest BCUT2D eigenvalue weighted by Gasteiger charge is -2.28. The molecule has 0 aliphatic heterocycles. The fourth-order valence-electron chi connectivity index (χ4n) is 0.867. The highest BCUT2D eigenvalue weighted by atomic mass is 16.9. The van der Waals surface area contributed by atoms with Crippen molar-refractivity contribution in [1.29, 1.82) is 0 Å². The van der Waals surface area contributed by atoms with E-state index in [9.17, 15) is 0 Å². The van der Waals surface area contributed by atoms with E-state index in [-0.39, 0.29) is 0 Å². The monoisotopic (exact) mass is 202 g/mol. The van der Waals surface area contributed by atoms with Crippen LogP contribution in [0, 0.1) is 11.8 Å². The zero-order valence-corrected chi connectivity index (χ0v) is 9.42. The molecule has 0 amide bonds. The SMILES string of the molecule is CC#CC(OC)(OCC)OC(C)OC. The Morgan fingerprint density at radius 3 is 2.36 bits per heavy atom. The first-order chi connectivity index (χ1) is 6.64. The van der Waals surface area contributed by atoms with Gasteiger partial charge in [-0.05, 0) is 26.7 Å². The number of ether oxygens (including phenoxy) is 4. The van der Waals surface area contributed by atoms with Crippen LogP contribution in [0.2, 0.25) is 0 Å². The van der Waals surface area contributed by atoms with Crippen LogP contribution in [0.3, 0.4) is 0 Å². The summed E-state index contributed by atoms with van der Waals surface area (Å²) in [6.07, 6.45) is -0.442. The Balaban J connectivity index is 4.54. The first-order valence-electron chi connectivity index (χ1n) is 4.47. The second-order valence-corrected chi connectivity index (χ2v) is 2.49. The summed E-state index contributed by atoms with van der Waals surface area (Å²) in [6.45, 7) is 5.71. The van der Waals surface area contributed by atoms with Crippen LogP contribution in [0.15, 0.2) is 0 Å². The molecule has 4 heteroatoms. The minimum absolute atomic E-state index is 0.442. The molecule has 2 unspecified atom stereocenters. The number of hydrogen-bond acceptors (Lipinski definition) is 4. The largest absolute Gasteiger partial charge is 0.356 e. The molecular weight excluding hydrogens is 184 g/mol. The zero-order chi connectivity index (χ0) is 11.0. The molecule has 0 aromatic rings. The van der Waals surface area contributed by atoms with Crippen LogP contribution >= 0.6 is 0 Å². The number of methoxy groups -OCH3 is 2. The average molecular weight is 202 g/mol. The fraction of sp³-hybridized carbons (Fsp3) is 0.800. The van der Waals surface area contributed by atoms with Crippen LogP contribution in [0.4, 0.5) is 0 Å². The van der Waals surface area contributed by atoms with Crippen molar-refractivity contribution < 1.29 is 18.9 Å². The Morgan fingerprint density at radius 1 is 1.36 bits per heavy atom. The molecule has 0 heterocycles. The van der Waals surface area contributed by atoms with Gasteiger partial charge in [-0.1, -0.05) is 5.92 Å². The zero-order valence-electron chi connectivity index (χ0n) is 9.42. The van der Waals surface area contributed by atoms with Gasteiger partial charge in [0, 0.05) is 14.2 Å². The van der Waals surface area contributed by atoms with Gasteiger partial charge in [-0.25, -0.2) is 0 Å². The Bertz CT molecular complexity index is 206. The first-order valence-corrected chi connectivity index (χ1v) is 4.47. The summed E-state index contributed by atoms with van der Waals surface area (Å²) in [6, 6.07) is 0. The van der Waals surface area contributed by atoms with E-state index in [0.717, 1.165) is 0 Å². The van der Waals surface area contributed by atoms with Gasteiger partial charge in [0.1, 0.15) is 0 Å². The van der Waals surface area contributed by atoms with Gasteiger partial charge < -0.3 is 14.2 Å². The van der Waals surface area contributed by atoms with Crippen LogP contribution < -0.4 is 0 Å². The molecule has 0 aromatic heterocycles. The van der Waals surface area contributed by atoms with E-state index < -0.39 is 12.3 Å². The first kappa shape index (κ1) is 13.4. The summed E-state index contributed by atoms with van der Waals surface area (Å²) in [5.41, 5.74) is 0. The minimum Gasteiger partial charge on any atom is -0.356 e. The molecule has 0 fully saturated rings. The molecule has 0 rings (SSSR count). The second kappa shape index (κ2) is 6.80. The van der Waals surface area contributed by atoms with Crippen molar-refractivity contribution in [3.05, 3.63) is 0 Å². The molecule has 4 nitrogen and oxygen atoms in total. The van der Waals surface area contributed by atoms with Crippen LogP contribution in [-0.4, -0.2) is 33.1 Å². The fourth-order valence-corrected chi connectivity index (χ4v) is 0.867. The minimum atomic E-state index is -1.32. The van der Waals surface area contributed by atoms with E-state index in [1.54, 1.807) is 13.8 Å². The van der Waals surface area contributed by atoms with Crippen molar-refractivity contribution in [2.45, 2.75) is 33.0 Å². The van der Waals surface area contributed by atoms with E-state index in [1.807, 2.05) is 6.92 Å². The maximum Gasteiger partial charge on any atom is 0.355 e. The lowest BCUT2D eigenvalue weighted by Crippen LogP contribution is -2.40. The van der Waals surface area contributed by atoms with E-state index >= 15 is 0 Å². The van der Waals surface area contributed by atoms with Gasteiger partial charge in [-0.3, -0.25) is 4.74 Å². The molecule has 0 radical (unpaired) electrons. The van der Waals surface area contributed by atoms with E-state index in [0.29, 0.717) is 6.61 Å². The van der Waals surface area contributed by atoms with Gasteiger partial charge in [0.25, 0.3) is 0 Å². The third kappa shape index (κ3) is 4.07. The average Bonchev–Trinajstić information content (AvgIpc) is 2.18. The third-order valence-corrected chi connectivity index (χ3v) is 1.53. The summed E-state index contributed by atoms with van der Waals surface area (Å²) >= 11 is 0. The van der Waals surface area contributed by atoms with Gasteiger partial charge in [-0.2, -0.15) is 0 Å². The smallest absolute Gasteiger partial charge is 0.355 e. The number of hydrogen-bond donors (Lipinski definition) is 0. The maximum atomic E-state index is 5.38. The molecule has 82 valence electrons. The van der Waals surface area contributed by atoms with Crippen LogP contribution in [0.5, 0.6) is 0 Å². The molecule has 0 N–H and O–H groups in total. The van der Waals surface area contributed by atoms with Crippen molar-refractivity contribution >= 4 is 0 Å². The van der Waals surface area contributed by atoms with Gasteiger partial charge in [0.15, 0.2) is 6.29 Å². The highest BCUT2D eigenvalue weighted by Gasteiger charge is 2.32. The summed E-state index contributed by atoms with van der Waals surface area (Å²) in [7, 11) is 3.01. The van der Waals surface area contributed by atoms with Crippen molar-refractivity contribution in [2.24, 2.45) is 0 Å². The van der Waals surface area contributed by atoms with Crippen molar-refractivity contribution in [2.75, 3.05) is 20.8 Å². The Morgan fingerprint density at radius 2 is 2.00 bits per heavy atom. The molecule has 0 saturated carbocycles. The molecular formula is C10H18O4. The normalized spacial score (nSPS) is 16.6. The van der Waals surface area contributed by atoms with Gasteiger partial charge in [0.2, 0.25) is 0 Å². The molecule has 0 saturated heterocycles. The van der Waals surface area contributed by atoms with Crippen LogP contribution in [-0.2, 0) is 18.9 Å². The summed E-state index contributed by atoms with van der Waals surface area (Å²) < 4.78 is 20.7. The van der Waals surface area contributed by atoms with E-state index in [2.05, 4.69) is 11.8 Å². The molecule has 0 bridgehead atoms. The molecule has 0 aliphatic carbocycles. The van der Waals surface area contributed by atoms with E-state index in [1.165, 1.54) is 14.2 Å². The predicted octanol–water partition coefficient (Wildman–Crippen LogP) is 1.36. The van der Waals surface area contributed by atoms with Gasteiger partial charge in [0.05, 0.1) is 6.61 Å². The highest BCUT2D eigenvalue weighted by Crippen LogP contribution is 2.16. The summed E-state index contributed by atoms with van der Waals surface area (Å²) in [4.78, 5) is 0. The van der Waals surface area contributed by atoms with Crippen molar-refractivity contribution in [3.63, 3.8) is 0 Å². The lowest BCUT2D eigenvalue weighted by molar-refractivity contribution is -0.373. The summed E-state index contributed by atoms with van der Waals surface area (Å²) in [5.74, 6) is 4.09. The topological polar surface area (TPSA) is 36.9 Å². The van der Waals surface area contributed by atoms with Crippen molar-refractivity contribution in [1.82, 2.24) is 0 Å². The maximum absolute atomic E-state index is 5.38. The molecule has 14 heavy (non-hydrogen) atoms. The number of rotatable bonds is 6. The second-order valence-electron chi connectivity index (χ2n) is 2.49. The van der Waals surface area contributed by atoms with E-state index in [4.69, 9.17) is 18.9 Å². The van der Waals surface area contributed by atoms with Gasteiger partial charge in [-0.15, -0.1) is 0 Å². The molecule has 0 spiro atoms. The highest BCUT2D eigenvalue weighted by molar-refractivity contribution is 5.04. The summed E-state index contributed by atoms with van der Waals surface area (Å²) in [5, 5.41) is 0. The Hall–Kier alpha value is -0.600. The molecule has 0 aromatic carbocycles. The van der Waals surface area contributed by atoms with Crippen molar-refractivity contribution in [3.8, 4) is 11.8 Å². The Labute approximate surface area is 85.5 Å². The Kier molecular flexibility index (Phi) is 6.50. The van der Waals surface area contributed by atoms with Crippen LogP contribution in [0.25, 0.3) is 0 Å². The third-order valence-electron chi connectivity index (χ3n) is 1.53.